The maximum Gasteiger partial charge on any atom is 0.276 e. The third kappa shape index (κ3) is 3.19. The molecule has 0 atom stereocenters. The molecule has 2 heterocycles. The molecule has 6 nitrogen and oxygen atoms in total. The summed E-state index contributed by atoms with van der Waals surface area (Å²) in [5.41, 5.74) is 4.70. The summed E-state index contributed by atoms with van der Waals surface area (Å²) in [4.78, 5) is 22.2. The molecular weight excluding hydrogens is 362 g/mol. The van der Waals surface area contributed by atoms with Crippen molar-refractivity contribution in [3.05, 3.63) is 65.1 Å². The van der Waals surface area contributed by atoms with Gasteiger partial charge in [-0.25, -0.2) is 4.98 Å². The first kappa shape index (κ1) is 17.3. The molecule has 0 spiro atoms. The van der Waals surface area contributed by atoms with Crippen molar-refractivity contribution in [3.8, 4) is 11.3 Å². The van der Waals surface area contributed by atoms with Crippen LogP contribution in [0.2, 0.25) is 5.02 Å². The van der Waals surface area contributed by atoms with Crippen LogP contribution in [0, 0.1) is 6.92 Å². The first-order valence-electron chi connectivity index (χ1n) is 8.47. The van der Waals surface area contributed by atoms with Crippen LogP contribution in [0.4, 0.5) is 5.69 Å². The van der Waals surface area contributed by atoms with Crippen molar-refractivity contribution >= 4 is 34.2 Å². The molecule has 0 unspecified atom stereocenters. The Bertz CT molecular complexity index is 1140. The van der Waals surface area contributed by atoms with E-state index in [1.54, 1.807) is 41.9 Å². The number of carbonyl (C=O) groups is 1. The van der Waals surface area contributed by atoms with Gasteiger partial charge in [0.1, 0.15) is 11.5 Å². The summed E-state index contributed by atoms with van der Waals surface area (Å²) in [7, 11) is 3.52. The Morgan fingerprint density at radius 3 is 2.63 bits per heavy atom. The SMILES string of the molecule is Cc1nc2ccc(N(C)C(=O)c3cc(-c4ccc(Cl)cc4)nn3C)cc2[nH]1. The quantitative estimate of drug-likeness (QED) is 0.580. The highest BCUT2D eigenvalue weighted by atomic mass is 35.5. The standard InChI is InChI=1S/C20H18ClN5O/c1-12-22-16-9-8-15(10-18(16)23-12)25(2)20(27)19-11-17(24-26(19)3)13-4-6-14(21)7-5-13/h4-11H,1-3H3,(H,22,23). The molecule has 4 aromatic rings. The number of hydrogen-bond acceptors (Lipinski definition) is 3. The molecule has 0 bridgehead atoms. The fourth-order valence-corrected chi connectivity index (χ4v) is 3.18. The number of imidazole rings is 1. The molecule has 27 heavy (non-hydrogen) atoms. The molecule has 2 aromatic carbocycles. The Hall–Kier alpha value is -3.12. The summed E-state index contributed by atoms with van der Waals surface area (Å²) in [6.45, 7) is 1.91. The Morgan fingerprint density at radius 2 is 1.89 bits per heavy atom. The fraction of sp³-hybridized carbons (Fsp3) is 0.150. The van der Waals surface area contributed by atoms with Crippen LogP contribution in [-0.4, -0.2) is 32.7 Å². The van der Waals surface area contributed by atoms with Gasteiger partial charge in [-0.3, -0.25) is 9.48 Å². The minimum Gasteiger partial charge on any atom is -0.342 e. The summed E-state index contributed by atoms with van der Waals surface area (Å²) in [5.74, 6) is 0.705. The lowest BCUT2D eigenvalue weighted by Crippen LogP contribution is -2.28. The number of aromatic amines is 1. The van der Waals surface area contributed by atoms with Crippen molar-refractivity contribution in [2.45, 2.75) is 6.92 Å². The molecule has 0 saturated carbocycles. The number of amides is 1. The van der Waals surface area contributed by atoms with Crippen LogP contribution in [0.5, 0.6) is 0 Å². The van der Waals surface area contributed by atoms with Crippen molar-refractivity contribution in [1.29, 1.82) is 0 Å². The van der Waals surface area contributed by atoms with E-state index < -0.39 is 0 Å². The van der Waals surface area contributed by atoms with Gasteiger partial charge in [0.2, 0.25) is 0 Å². The Balaban J connectivity index is 1.65. The lowest BCUT2D eigenvalue weighted by molar-refractivity contribution is 0.0984. The van der Waals surface area contributed by atoms with Crippen LogP contribution in [0.25, 0.3) is 22.3 Å². The highest BCUT2D eigenvalue weighted by molar-refractivity contribution is 6.30. The minimum atomic E-state index is -0.138. The fourth-order valence-electron chi connectivity index (χ4n) is 3.05. The zero-order valence-corrected chi connectivity index (χ0v) is 15.9. The van der Waals surface area contributed by atoms with Gasteiger partial charge >= 0.3 is 0 Å². The number of rotatable bonds is 3. The molecule has 2 aromatic heterocycles. The number of benzene rings is 2. The first-order valence-corrected chi connectivity index (χ1v) is 8.84. The topological polar surface area (TPSA) is 66.8 Å². The molecule has 1 N–H and O–H groups in total. The third-order valence-electron chi connectivity index (χ3n) is 4.51. The van der Waals surface area contributed by atoms with Gasteiger partial charge in [-0.05, 0) is 43.3 Å². The number of carbonyl (C=O) groups excluding carboxylic acids is 1. The zero-order chi connectivity index (χ0) is 19.1. The molecule has 0 aliphatic heterocycles. The van der Waals surface area contributed by atoms with E-state index in [0.717, 1.165) is 33.8 Å². The highest BCUT2D eigenvalue weighted by Crippen LogP contribution is 2.24. The third-order valence-corrected chi connectivity index (χ3v) is 4.77. The zero-order valence-electron chi connectivity index (χ0n) is 15.2. The number of aryl methyl sites for hydroxylation is 2. The number of H-pyrrole nitrogens is 1. The van der Waals surface area contributed by atoms with Gasteiger partial charge in [0.15, 0.2) is 0 Å². The van der Waals surface area contributed by atoms with Crippen molar-refractivity contribution in [2.75, 3.05) is 11.9 Å². The van der Waals surface area contributed by atoms with E-state index in [0.29, 0.717) is 10.7 Å². The number of halogens is 1. The number of aromatic nitrogens is 4. The Labute approximate surface area is 161 Å². The van der Waals surface area contributed by atoms with E-state index in [2.05, 4.69) is 15.1 Å². The second-order valence-corrected chi connectivity index (χ2v) is 6.87. The van der Waals surface area contributed by atoms with E-state index in [1.165, 1.54) is 0 Å². The van der Waals surface area contributed by atoms with Gasteiger partial charge in [-0.1, -0.05) is 23.7 Å². The van der Waals surface area contributed by atoms with Crippen LogP contribution >= 0.6 is 11.6 Å². The number of nitrogens with one attached hydrogen (secondary N) is 1. The molecule has 0 aliphatic carbocycles. The number of anilines is 1. The van der Waals surface area contributed by atoms with Crippen molar-refractivity contribution < 1.29 is 4.79 Å². The molecule has 4 rings (SSSR count). The van der Waals surface area contributed by atoms with Crippen LogP contribution in [0.15, 0.2) is 48.5 Å². The van der Waals surface area contributed by atoms with Gasteiger partial charge in [0.05, 0.1) is 16.7 Å². The van der Waals surface area contributed by atoms with Crippen LogP contribution in [0.3, 0.4) is 0 Å². The largest absolute Gasteiger partial charge is 0.342 e. The second-order valence-electron chi connectivity index (χ2n) is 6.43. The van der Waals surface area contributed by atoms with E-state index in [-0.39, 0.29) is 5.91 Å². The average Bonchev–Trinajstić information content (AvgIpc) is 3.22. The minimum absolute atomic E-state index is 0.138. The summed E-state index contributed by atoms with van der Waals surface area (Å²) < 4.78 is 1.60. The van der Waals surface area contributed by atoms with Crippen LogP contribution in [-0.2, 0) is 7.05 Å². The molecule has 0 saturated heterocycles. The lowest BCUT2D eigenvalue weighted by atomic mass is 10.1. The maximum absolute atomic E-state index is 13.0. The van der Waals surface area contributed by atoms with E-state index >= 15 is 0 Å². The van der Waals surface area contributed by atoms with E-state index in [1.807, 2.05) is 37.3 Å². The molecule has 0 radical (unpaired) electrons. The molecular formula is C20H18ClN5O. The maximum atomic E-state index is 13.0. The number of nitrogens with zero attached hydrogens (tertiary/aromatic N) is 4. The Kier molecular flexibility index (Phi) is 4.20. The molecule has 0 fully saturated rings. The summed E-state index contributed by atoms with van der Waals surface area (Å²) in [5, 5.41) is 5.13. The molecule has 7 heteroatoms. The molecule has 1 amide bonds. The normalized spacial score (nSPS) is 11.1. The smallest absolute Gasteiger partial charge is 0.276 e. The average molecular weight is 380 g/mol. The monoisotopic (exact) mass is 379 g/mol. The van der Waals surface area contributed by atoms with Gasteiger partial charge in [0.25, 0.3) is 5.91 Å². The van der Waals surface area contributed by atoms with Crippen molar-refractivity contribution in [1.82, 2.24) is 19.7 Å². The number of fused-ring (bicyclic) bond motifs is 1. The predicted molar refractivity (Wildman–Crippen MR) is 107 cm³/mol. The summed E-state index contributed by atoms with van der Waals surface area (Å²) >= 11 is 5.94. The predicted octanol–water partition coefficient (Wildman–Crippen LogP) is 4.20. The second kappa shape index (κ2) is 6.55. The van der Waals surface area contributed by atoms with Crippen molar-refractivity contribution in [3.63, 3.8) is 0 Å². The van der Waals surface area contributed by atoms with Gasteiger partial charge in [0, 0.05) is 30.4 Å². The van der Waals surface area contributed by atoms with Gasteiger partial charge in [-0.2, -0.15) is 5.10 Å². The van der Waals surface area contributed by atoms with Crippen LogP contribution < -0.4 is 4.90 Å². The van der Waals surface area contributed by atoms with Crippen LogP contribution in [0.1, 0.15) is 16.3 Å². The lowest BCUT2D eigenvalue weighted by Gasteiger charge is -2.17. The summed E-state index contributed by atoms with van der Waals surface area (Å²) in [6, 6.07) is 14.9. The number of hydrogen-bond donors (Lipinski definition) is 1. The van der Waals surface area contributed by atoms with Gasteiger partial charge in [-0.15, -0.1) is 0 Å². The van der Waals surface area contributed by atoms with Gasteiger partial charge < -0.3 is 9.88 Å². The van der Waals surface area contributed by atoms with E-state index in [4.69, 9.17) is 11.6 Å². The highest BCUT2D eigenvalue weighted by Gasteiger charge is 2.20. The summed E-state index contributed by atoms with van der Waals surface area (Å²) in [6.07, 6.45) is 0. The molecule has 0 aliphatic rings. The first-order chi connectivity index (χ1) is 12.9. The Morgan fingerprint density at radius 1 is 1.15 bits per heavy atom. The van der Waals surface area contributed by atoms with E-state index in [9.17, 15) is 4.79 Å². The molecule has 136 valence electrons. The van der Waals surface area contributed by atoms with Crippen molar-refractivity contribution in [2.24, 2.45) is 7.05 Å².